The fraction of sp³-hybridized carbons (Fsp3) is 0.292. The average molecular weight is 441 g/mol. The fourth-order valence-electron chi connectivity index (χ4n) is 3.64. The highest BCUT2D eigenvalue weighted by atomic mass is 19.4. The largest absolute Gasteiger partial charge is 0.495 e. The van der Waals surface area contributed by atoms with Crippen LogP contribution in [0.4, 0.5) is 18.9 Å². The maximum Gasteiger partial charge on any atom is 0.495 e. The van der Waals surface area contributed by atoms with E-state index in [2.05, 4.69) is 5.32 Å². The number of nitrogens with one attached hydrogen (secondary N) is 1. The minimum Gasteiger partial charge on any atom is -0.399 e. The molecule has 1 aliphatic rings. The Hall–Kier alpha value is -2.84. The number of rotatable bonds is 3. The van der Waals surface area contributed by atoms with Gasteiger partial charge in [-0.2, -0.15) is 13.2 Å². The summed E-state index contributed by atoms with van der Waals surface area (Å²) in [6.07, 6.45) is -4.52. The highest BCUT2D eigenvalue weighted by Crippen LogP contribution is 2.37. The third kappa shape index (κ3) is 4.00. The van der Waals surface area contributed by atoms with Crippen molar-refractivity contribution in [1.29, 1.82) is 0 Å². The number of hydrogen-bond acceptors (Lipinski definition) is 3. The third-order valence-electron chi connectivity index (χ3n) is 6.17. The van der Waals surface area contributed by atoms with Gasteiger partial charge in [-0.1, -0.05) is 36.4 Å². The molecule has 3 aromatic carbocycles. The average Bonchev–Trinajstić information content (AvgIpc) is 2.94. The molecule has 0 aromatic heterocycles. The Morgan fingerprint density at radius 1 is 0.875 bits per heavy atom. The van der Waals surface area contributed by atoms with Crippen molar-refractivity contribution >= 4 is 34.9 Å². The van der Waals surface area contributed by atoms with E-state index in [1.807, 2.05) is 58.0 Å². The minimum absolute atomic E-state index is 0.0704. The van der Waals surface area contributed by atoms with Gasteiger partial charge < -0.3 is 14.6 Å². The Balaban J connectivity index is 1.68. The lowest BCUT2D eigenvalue weighted by molar-refractivity contribution is -0.137. The zero-order chi connectivity index (χ0) is 23.3. The molecule has 8 heteroatoms. The maximum absolute atomic E-state index is 13.0. The number of amides is 1. The SMILES string of the molecule is CC1(C)OB(c2ccc(NC(=O)c3cccc(C(F)(F)F)c3)c3ccccc23)OC1(C)C. The number of carbonyl (C=O) groups is 1. The van der Waals surface area contributed by atoms with Crippen LogP contribution in [0.15, 0.2) is 60.7 Å². The standard InChI is InChI=1S/C24H23BF3NO3/c1-22(2)23(3,4)32-25(31-22)19-12-13-20(18-11-6-5-10-17(18)19)29-21(30)15-8-7-9-16(14-15)24(26,27)28/h5-14H,1-4H3,(H,29,30). The van der Waals surface area contributed by atoms with Gasteiger partial charge in [0.05, 0.1) is 16.8 Å². The van der Waals surface area contributed by atoms with Gasteiger partial charge in [-0.15, -0.1) is 0 Å². The molecule has 32 heavy (non-hydrogen) atoms. The maximum atomic E-state index is 13.0. The van der Waals surface area contributed by atoms with Crippen LogP contribution in [-0.4, -0.2) is 24.2 Å². The molecule has 1 amide bonds. The molecule has 166 valence electrons. The summed E-state index contributed by atoms with van der Waals surface area (Å²) in [4.78, 5) is 12.7. The highest BCUT2D eigenvalue weighted by molar-refractivity contribution is 6.65. The van der Waals surface area contributed by atoms with Crippen LogP contribution in [0.25, 0.3) is 10.8 Å². The van der Waals surface area contributed by atoms with Crippen LogP contribution in [0.3, 0.4) is 0 Å². The van der Waals surface area contributed by atoms with Crippen molar-refractivity contribution in [2.24, 2.45) is 0 Å². The molecule has 1 N–H and O–H groups in total. The summed E-state index contributed by atoms with van der Waals surface area (Å²) in [5, 5.41) is 4.31. The molecule has 4 nitrogen and oxygen atoms in total. The molecular weight excluding hydrogens is 418 g/mol. The van der Waals surface area contributed by atoms with E-state index in [1.54, 1.807) is 6.07 Å². The van der Waals surface area contributed by atoms with Crippen molar-refractivity contribution in [3.8, 4) is 0 Å². The van der Waals surface area contributed by atoms with Crippen molar-refractivity contribution in [3.05, 3.63) is 71.8 Å². The van der Waals surface area contributed by atoms with E-state index in [0.717, 1.165) is 28.4 Å². The fourth-order valence-corrected chi connectivity index (χ4v) is 3.64. The van der Waals surface area contributed by atoms with Gasteiger partial charge in [-0.3, -0.25) is 4.79 Å². The summed E-state index contributed by atoms with van der Waals surface area (Å²) < 4.78 is 51.4. The molecule has 0 radical (unpaired) electrons. The normalized spacial score (nSPS) is 17.5. The van der Waals surface area contributed by atoms with E-state index in [-0.39, 0.29) is 5.56 Å². The third-order valence-corrected chi connectivity index (χ3v) is 6.17. The Morgan fingerprint density at radius 3 is 2.12 bits per heavy atom. The molecule has 0 unspecified atom stereocenters. The quantitative estimate of drug-likeness (QED) is 0.553. The van der Waals surface area contributed by atoms with Crippen LogP contribution in [0.2, 0.25) is 0 Å². The molecule has 1 fully saturated rings. The number of anilines is 1. The van der Waals surface area contributed by atoms with Crippen LogP contribution >= 0.6 is 0 Å². The van der Waals surface area contributed by atoms with E-state index >= 15 is 0 Å². The minimum atomic E-state index is -4.52. The first-order valence-corrected chi connectivity index (χ1v) is 10.2. The number of benzene rings is 3. The lowest BCUT2D eigenvalue weighted by Crippen LogP contribution is -2.41. The second-order valence-electron chi connectivity index (χ2n) is 8.87. The molecule has 0 bridgehead atoms. The monoisotopic (exact) mass is 441 g/mol. The van der Waals surface area contributed by atoms with Gasteiger partial charge in [-0.05, 0) is 62.8 Å². The first kappa shape index (κ1) is 22.4. The molecule has 4 rings (SSSR count). The zero-order valence-electron chi connectivity index (χ0n) is 18.2. The molecular formula is C24H23BF3NO3. The summed E-state index contributed by atoms with van der Waals surface area (Å²) in [7, 11) is -0.585. The van der Waals surface area contributed by atoms with E-state index in [0.29, 0.717) is 5.69 Å². The topological polar surface area (TPSA) is 47.6 Å². The number of fused-ring (bicyclic) bond motifs is 1. The second kappa shape index (κ2) is 7.64. The van der Waals surface area contributed by atoms with Crippen LogP contribution in [0, 0.1) is 0 Å². The van der Waals surface area contributed by atoms with Gasteiger partial charge in [-0.25, -0.2) is 0 Å². The smallest absolute Gasteiger partial charge is 0.399 e. The van der Waals surface area contributed by atoms with E-state index < -0.39 is 36.0 Å². The lowest BCUT2D eigenvalue weighted by Gasteiger charge is -2.32. The Kier molecular flexibility index (Phi) is 5.34. The summed E-state index contributed by atoms with van der Waals surface area (Å²) in [5.74, 6) is -0.621. The number of halogens is 3. The van der Waals surface area contributed by atoms with Crippen molar-refractivity contribution in [2.45, 2.75) is 45.1 Å². The summed E-state index contributed by atoms with van der Waals surface area (Å²) in [6, 6.07) is 15.3. The molecule has 0 atom stereocenters. The van der Waals surface area contributed by atoms with Gasteiger partial charge in [0.15, 0.2) is 0 Å². The summed E-state index contributed by atoms with van der Waals surface area (Å²) in [5.41, 5.74) is -0.644. The highest BCUT2D eigenvalue weighted by Gasteiger charge is 2.52. The summed E-state index contributed by atoms with van der Waals surface area (Å²) in [6.45, 7) is 7.88. The van der Waals surface area contributed by atoms with E-state index in [9.17, 15) is 18.0 Å². The zero-order valence-corrected chi connectivity index (χ0v) is 18.2. The van der Waals surface area contributed by atoms with Gasteiger partial charge in [0.2, 0.25) is 0 Å². The lowest BCUT2D eigenvalue weighted by atomic mass is 9.76. The van der Waals surface area contributed by atoms with Crippen molar-refractivity contribution in [2.75, 3.05) is 5.32 Å². The van der Waals surface area contributed by atoms with Crippen LogP contribution in [0.1, 0.15) is 43.6 Å². The number of hydrogen-bond donors (Lipinski definition) is 1. The molecule has 0 aliphatic carbocycles. The van der Waals surface area contributed by atoms with Gasteiger partial charge in [0.1, 0.15) is 0 Å². The first-order valence-electron chi connectivity index (χ1n) is 10.2. The Morgan fingerprint density at radius 2 is 1.50 bits per heavy atom. The summed E-state index contributed by atoms with van der Waals surface area (Å²) >= 11 is 0. The number of alkyl halides is 3. The van der Waals surface area contributed by atoms with E-state index in [1.165, 1.54) is 12.1 Å². The Bertz CT molecular complexity index is 1170. The van der Waals surface area contributed by atoms with Crippen molar-refractivity contribution in [3.63, 3.8) is 0 Å². The first-order chi connectivity index (χ1) is 14.9. The molecule has 1 saturated heterocycles. The molecule has 0 saturated carbocycles. The molecule has 1 heterocycles. The van der Waals surface area contributed by atoms with Crippen molar-refractivity contribution < 1.29 is 27.3 Å². The second-order valence-corrected chi connectivity index (χ2v) is 8.87. The van der Waals surface area contributed by atoms with Gasteiger partial charge in [0.25, 0.3) is 5.91 Å². The molecule has 3 aromatic rings. The van der Waals surface area contributed by atoms with Crippen LogP contribution < -0.4 is 10.8 Å². The van der Waals surface area contributed by atoms with Gasteiger partial charge >= 0.3 is 13.3 Å². The van der Waals surface area contributed by atoms with E-state index in [4.69, 9.17) is 9.31 Å². The predicted octanol–water partition coefficient (Wildman–Crippen LogP) is 5.41. The molecule has 0 spiro atoms. The van der Waals surface area contributed by atoms with Gasteiger partial charge in [0, 0.05) is 16.6 Å². The van der Waals surface area contributed by atoms with Crippen molar-refractivity contribution in [1.82, 2.24) is 0 Å². The number of carbonyl (C=O) groups excluding carboxylic acids is 1. The Labute approximate surface area is 184 Å². The van der Waals surface area contributed by atoms with Crippen LogP contribution in [-0.2, 0) is 15.5 Å². The predicted molar refractivity (Wildman–Crippen MR) is 119 cm³/mol. The molecule has 1 aliphatic heterocycles. The van der Waals surface area contributed by atoms with Crippen LogP contribution in [0.5, 0.6) is 0 Å².